The van der Waals surface area contributed by atoms with Crippen molar-refractivity contribution in [3.63, 3.8) is 0 Å². The van der Waals surface area contributed by atoms with Gasteiger partial charge in [-0.15, -0.1) is 0 Å². The first kappa shape index (κ1) is 22.3. The van der Waals surface area contributed by atoms with Gasteiger partial charge in [-0.25, -0.2) is 13.6 Å². The highest BCUT2D eigenvalue weighted by Crippen LogP contribution is 2.48. The molecule has 0 unspecified atom stereocenters. The number of morpholine rings is 1. The molecule has 0 bridgehead atoms. The molecule has 3 aliphatic heterocycles. The molecule has 2 saturated heterocycles. The monoisotopic (exact) mass is 450 g/mol. The number of fused-ring (bicyclic) bond motifs is 4. The van der Waals surface area contributed by atoms with Crippen LogP contribution in [-0.2, 0) is 20.7 Å². The Morgan fingerprint density at radius 1 is 1.22 bits per heavy atom. The summed E-state index contributed by atoms with van der Waals surface area (Å²) >= 11 is 0. The van der Waals surface area contributed by atoms with Gasteiger partial charge in [0, 0.05) is 19.5 Å². The third-order valence-electron chi connectivity index (χ3n) is 6.32. The maximum atomic E-state index is 15.3. The van der Waals surface area contributed by atoms with Crippen molar-refractivity contribution in [2.45, 2.75) is 38.5 Å². The summed E-state index contributed by atoms with van der Waals surface area (Å²) in [5.41, 5.74) is -2.25. The summed E-state index contributed by atoms with van der Waals surface area (Å²) in [6.45, 7) is 3.30. The fourth-order valence-electron chi connectivity index (χ4n) is 5.18. The zero-order valence-corrected chi connectivity index (χ0v) is 18.1. The molecule has 9 nitrogen and oxygen atoms in total. The molecule has 0 radical (unpaired) electrons. The summed E-state index contributed by atoms with van der Waals surface area (Å²) < 4.78 is 36.2. The summed E-state index contributed by atoms with van der Waals surface area (Å²) in [6.07, 6.45) is -1.48. The molecule has 11 heteroatoms. The molecule has 4 amide bonds. The van der Waals surface area contributed by atoms with E-state index in [9.17, 15) is 23.6 Å². The summed E-state index contributed by atoms with van der Waals surface area (Å²) in [5.74, 6) is -4.86. The van der Waals surface area contributed by atoms with Crippen molar-refractivity contribution < 1.29 is 32.7 Å². The number of Topliss-reactive ketones (excluding diaryl/α,β-unsaturated/α-hetero) is 1. The average molecular weight is 450 g/mol. The van der Waals surface area contributed by atoms with Crippen molar-refractivity contribution in [2.75, 3.05) is 32.1 Å². The first-order valence-electron chi connectivity index (χ1n) is 10.2. The number of nitrogens with one attached hydrogen (secondary N) is 2. The number of hydrogen-bond donors (Lipinski definition) is 2. The number of carbonyl (C=O) groups excluding carboxylic acids is 4. The first-order chi connectivity index (χ1) is 15.0. The maximum absolute atomic E-state index is 15.3. The Morgan fingerprint density at radius 2 is 1.84 bits per heavy atom. The molecule has 3 atom stereocenters. The maximum Gasteiger partial charge on any atom is 0.328 e. The highest BCUT2D eigenvalue weighted by atomic mass is 19.2. The topological polar surface area (TPSA) is 108 Å². The van der Waals surface area contributed by atoms with E-state index in [1.165, 1.54) is 11.0 Å². The van der Waals surface area contributed by atoms with Gasteiger partial charge in [0.25, 0.3) is 0 Å². The number of carbonyl (C=O) groups is 4. The van der Waals surface area contributed by atoms with Gasteiger partial charge in [-0.1, -0.05) is 0 Å². The number of ether oxygens (including phenoxy) is 1. The van der Waals surface area contributed by atoms with Crippen molar-refractivity contribution in [1.29, 1.82) is 0 Å². The molecule has 32 heavy (non-hydrogen) atoms. The second-order valence-electron chi connectivity index (χ2n) is 8.82. The highest BCUT2D eigenvalue weighted by molar-refractivity contribution is 6.20. The fourth-order valence-corrected chi connectivity index (χ4v) is 5.18. The van der Waals surface area contributed by atoms with Gasteiger partial charge in [0.05, 0.1) is 29.5 Å². The van der Waals surface area contributed by atoms with Crippen LogP contribution in [0.1, 0.15) is 29.8 Å². The zero-order valence-electron chi connectivity index (χ0n) is 18.1. The number of benzene rings is 1. The molecule has 4 rings (SSSR count). The number of nitrogens with zero attached hydrogens (tertiary/aromatic N) is 2. The van der Waals surface area contributed by atoms with Gasteiger partial charge in [0.15, 0.2) is 22.8 Å². The Labute approximate surface area is 183 Å². The lowest BCUT2D eigenvalue weighted by Gasteiger charge is -2.55. The number of rotatable bonds is 3. The van der Waals surface area contributed by atoms with E-state index in [0.29, 0.717) is 6.54 Å². The lowest BCUT2D eigenvalue weighted by molar-refractivity contribution is -0.154. The third kappa shape index (κ3) is 3.18. The van der Waals surface area contributed by atoms with Gasteiger partial charge in [0.1, 0.15) is 0 Å². The van der Waals surface area contributed by atoms with Crippen molar-refractivity contribution >= 4 is 29.3 Å². The number of ketones is 1. The van der Waals surface area contributed by atoms with Crippen molar-refractivity contribution in [3.05, 3.63) is 28.8 Å². The second kappa shape index (κ2) is 7.59. The van der Waals surface area contributed by atoms with Crippen molar-refractivity contribution in [3.8, 4) is 0 Å². The minimum atomic E-state index is -1.83. The van der Waals surface area contributed by atoms with Crippen LogP contribution in [0.2, 0.25) is 0 Å². The SMILES string of the molecule is CC(=O)c1cc2c(c(F)c1F)N1C[C@@H](CN(C)C)O[C@@H](C)[C@@H]1C1(C2)C(=O)NC(=O)NC1=O. The number of urea groups is 1. The van der Waals surface area contributed by atoms with Crippen LogP contribution in [0.15, 0.2) is 6.07 Å². The predicted molar refractivity (Wildman–Crippen MR) is 108 cm³/mol. The summed E-state index contributed by atoms with van der Waals surface area (Å²) in [5, 5.41) is 4.25. The van der Waals surface area contributed by atoms with Crippen LogP contribution in [0, 0.1) is 17.0 Å². The van der Waals surface area contributed by atoms with Crippen molar-refractivity contribution in [1.82, 2.24) is 15.5 Å². The molecule has 1 aromatic carbocycles. The van der Waals surface area contributed by atoms with Crippen molar-refractivity contribution in [2.24, 2.45) is 5.41 Å². The molecule has 2 N–H and O–H groups in total. The molecule has 1 spiro atoms. The van der Waals surface area contributed by atoms with Crippen LogP contribution in [0.25, 0.3) is 0 Å². The lowest BCUT2D eigenvalue weighted by Crippen LogP contribution is -2.75. The summed E-state index contributed by atoms with van der Waals surface area (Å²) in [4.78, 5) is 53.2. The van der Waals surface area contributed by atoms with E-state index >= 15 is 4.39 Å². The van der Waals surface area contributed by atoms with E-state index < -0.39 is 64.5 Å². The van der Waals surface area contributed by atoms with Crippen LogP contribution in [-0.4, -0.2) is 74.0 Å². The molecule has 0 saturated carbocycles. The molecule has 1 aromatic rings. The number of anilines is 1. The predicted octanol–water partition coefficient (Wildman–Crippen LogP) is 0.600. The van der Waals surface area contributed by atoms with E-state index in [-0.39, 0.29) is 24.2 Å². The summed E-state index contributed by atoms with van der Waals surface area (Å²) in [6, 6.07) is -0.766. The first-order valence-corrected chi connectivity index (χ1v) is 10.2. The standard InChI is InChI=1S/C21H24F2N4O5/c1-9(28)13-5-11-6-21(18(29)24-20(31)25-19(21)30)17-10(2)32-12(7-26(3)4)8-27(17)16(11)15(23)14(13)22/h5,10,12,17H,6-8H2,1-4H3,(H2,24,25,29,30,31)/t10-,12+,17+/m0/s1. The van der Waals surface area contributed by atoms with Crippen LogP contribution in [0.3, 0.4) is 0 Å². The smallest absolute Gasteiger partial charge is 0.328 e. The third-order valence-corrected chi connectivity index (χ3v) is 6.32. The van der Waals surface area contributed by atoms with Gasteiger partial charge >= 0.3 is 6.03 Å². The second-order valence-corrected chi connectivity index (χ2v) is 8.82. The molecule has 0 aliphatic carbocycles. The molecule has 3 heterocycles. The van der Waals surface area contributed by atoms with E-state index in [0.717, 1.165) is 6.92 Å². The Kier molecular flexibility index (Phi) is 5.29. The van der Waals surface area contributed by atoms with Gasteiger partial charge in [0.2, 0.25) is 11.8 Å². The Hall–Kier alpha value is -2.92. The Morgan fingerprint density at radius 3 is 2.41 bits per heavy atom. The van der Waals surface area contributed by atoms with E-state index in [1.807, 2.05) is 19.0 Å². The number of imide groups is 2. The lowest BCUT2D eigenvalue weighted by atomic mass is 9.66. The molecular formula is C21H24F2N4O5. The van der Waals surface area contributed by atoms with Crippen LogP contribution < -0.4 is 15.5 Å². The Balaban J connectivity index is 1.94. The fraction of sp³-hybridized carbons (Fsp3) is 0.524. The number of barbiturate groups is 1. The molecule has 2 fully saturated rings. The normalized spacial score (nSPS) is 26.5. The molecule has 172 valence electrons. The average Bonchev–Trinajstić information content (AvgIpc) is 2.67. The van der Waals surface area contributed by atoms with Crippen LogP contribution >= 0.6 is 0 Å². The van der Waals surface area contributed by atoms with Gasteiger partial charge in [-0.05, 0) is 39.6 Å². The number of amides is 4. The summed E-state index contributed by atoms with van der Waals surface area (Å²) in [7, 11) is 3.66. The van der Waals surface area contributed by atoms with E-state index in [1.54, 1.807) is 6.92 Å². The number of hydrogen-bond acceptors (Lipinski definition) is 7. The quantitative estimate of drug-likeness (QED) is 0.513. The van der Waals surface area contributed by atoms with E-state index in [2.05, 4.69) is 10.6 Å². The minimum absolute atomic E-state index is 0.0756. The molecular weight excluding hydrogens is 426 g/mol. The molecule has 3 aliphatic rings. The van der Waals surface area contributed by atoms with Gasteiger partial charge in [-0.2, -0.15) is 0 Å². The van der Waals surface area contributed by atoms with Gasteiger partial charge < -0.3 is 14.5 Å². The van der Waals surface area contributed by atoms with E-state index in [4.69, 9.17) is 4.74 Å². The van der Waals surface area contributed by atoms with Crippen LogP contribution in [0.5, 0.6) is 0 Å². The number of likely N-dealkylation sites (N-methyl/N-ethyl adjacent to an activating group) is 1. The zero-order chi connectivity index (χ0) is 23.5. The largest absolute Gasteiger partial charge is 0.370 e. The van der Waals surface area contributed by atoms with Crippen LogP contribution in [0.4, 0.5) is 19.3 Å². The van der Waals surface area contributed by atoms with Gasteiger partial charge in [-0.3, -0.25) is 25.0 Å². The minimum Gasteiger partial charge on any atom is -0.370 e. The number of halogens is 2. The molecule has 0 aromatic heterocycles. The Bertz CT molecular complexity index is 1020. The highest BCUT2D eigenvalue weighted by Gasteiger charge is 2.63.